The monoisotopic (exact) mass is 183 g/mol. The highest BCUT2D eigenvalue weighted by molar-refractivity contribution is 7.95. The molecule has 1 rings (SSSR count). The van der Waals surface area contributed by atoms with Crippen LogP contribution in [0, 0.1) is 0 Å². The molecule has 0 radical (unpaired) electrons. The lowest BCUT2D eigenvalue weighted by molar-refractivity contribution is 0.603. The molecule has 0 aromatic carbocycles. The quantitative estimate of drug-likeness (QED) is 0.487. The predicted molar refractivity (Wildman–Crippen MR) is 53.6 cm³/mol. The summed E-state index contributed by atoms with van der Waals surface area (Å²) >= 11 is -0.874. The molecule has 0 aliphatic carbocycles. The molecule has 1 atom stereocenters. The maximum Gasteiger partial charge on any atom is 0.176 e. The standard InChI is InChI=1S/C9H13NOS/c1-4-7(2)9-8(10-3)5-6-12(9)11/h2-6H2,1H3. The Hall–Kier alpha value is -0.540. The van der Waals surface area contributed by atoms with Gasteiger partial charge < -0.3 is 4.55 Å². The van der Waals surface area contributed by atoms with Crippen LogP contribution in [0.5, 0.6) is 0 Å². The van der Waals surface area contributed by atoms with Gasteiger partial charge in [0.2, 0.25) is 0 Å². The van der Waals surface area contributed by atoms with Crippen LogP contribution in [0.2, 0.25) is 0 Å². The summed E-state index contributed by atoms with van der Waals surface area (Å²) < 4.78 is 11.4. The van der Waals surface area contributed by atoms with Crippen LogP contribution in [0.25, 0.3) is 0 Å². The van der Waals surface area contributed by atoms with Crippen LogP contribution in [0.1, 0.15) is 19.8 Å². The molecule has 66 valence electrons. The van der Waals surface area contributed by atoms with Crippen LogP contribution >= 0.6 is 0 Å². The molecule has 0 saturated heterocycles. The molecule has 0 aromatic heterocycles. The average molecular weight is 183 g/mol. The van der Waals surface area contributed by atoms with Gasteiger partial charge in [0.25, 0.3) is 0 Å². The molecule has 1 heterocycles. The van der Waals surface area contributed by atoms with Crippen molar-refractivity contribution in [1.29, 1.82) is 0 Å². The molecule has 0 aromatic rings. The number of rotatable bonds is 3. The van der Waals surface area contributed by atoms with Crippen molar-refractivity contribution >= 4 is 17.9 Å². The zero-order valence-electron chi connectivity index (χ0n) is 7.30. The Kier molecular flexibility index (Phi) is 3.12. The van der Waals surface area contributed by atoms with Crippen LogP contribution in [-0.4, -0.2) is 17.0 Å². The van der Waals surface area contributed by atoms with E-state index >= 15 is 0 Å². The molecule has 0 saturated carbocycles. The number of aliphatic imine (C=N–C) groups is 1. The second-order valence-electron chi connectivity index (χ2n) is 2.69. The van der Waals surface area contributed by atoms with Crippen molar-refractivity contribution in [3.63, 3.8) is 0 Å². The molecule has 3 heteroatoms. The second-order valence-corrected chi connectivity index (χ2v) is 4.20. The molecule has 0 fully saturated rings. The molecule has 12 heavy (non-hydrogen) atoms. The number of nitrogens with zero attached hydrogens (tertiary/aromatic N) is 1. The SMILES string of the molecule is C=NC1=C(C(=C)CC)[S+]([O-])CC1. The van der Waals surface area contributed by atoms with Gasteiger partial charge in [0.05, 0.1) is 5.70 Å². The van der Waals surface area contributed by atoms with Gasteiger partial charge in [-0.15, -0.1) is 0 Å². The van der Waals surface area contributed by atoms with Crippen LogP contribution in [0.15, 0.2) is 27.7 Å². The molecule has 2 nitrogen and oxygen atoms in total. The highest BCUT2D eigenvalue weighted by Crippen LogP contribution is 2.32. The lowest BCUT2D eigenvalue weighted by Gasteiger charge is -2.08. The van der Waals surface area contributed by atoms with Gasteiger partial charge in [0.15, 0.2) is 4.91 Å². The van der Waals surface area contributed by atoms with E-state index in [2.05, 4.69) is 18.3 Å². The van der Waals surface area contributed by atoms with Gasteiger partial charge in [-0.1, -0.05) is 13.5 Å². The van der Waals surface area contributed by atoms with Gasteiger partial charge in [-0.25, -0.2) is 0 Å². The zero-order chi connectivity index (χ0) is 9.14. The molecule has 0 bridgehead atoms. The maximum atomic E-state index is 11.4. The Morgan fingerprint density at radius 2 is 2.42 bits per heavy atom. The summed E-state index contributed by atoms with van der Waals surface area (Å²) in [5.74, 6) is 0.683. The van der Waals surface area contributed by atoms with Gasteiger partial charge in [0.1, 0.15) is 5.75 Å². The van der Waals surface area contributed by atoms with Crippen molar-refractivity contribution < 1.29 is 4.55 Å². The van der Waals surface area contributed by atoms with Crippen molar-refractivity contribution in [3.05, 3.63) is 22.8 Å². The van der Waals surface area contributed by atoms with Crippen molar-refractivity contribution in [3.8, 4) is 0 Å². The van der Waals surface area contributed by atoms with Gasteiger partial charge in [-0.3, -0.25) is 4.99 Å². The molecule has 1 aliphatic rings. The number of hydrogen-bond acceptors (Lipinski definition) is 2. The fraction of sp³-hybridized carbons (Fsp3) is 0.444. The van der Waals surface area contributed by atoms with Crippen LogP contribution in [0.3, 0.4) is 0 Å². The molecule has 0 N–H and O–H groups in total. The third kappa shape index (κ3) is 1.62. The van der Waals surface area contributed by atoms with E-state index in [1.165, 1.54) is 0 Å². The first-order chi connectivity index (χ1) is 5.70. The van der Waals surface area contributed by atoms with Crippen LogP contribution < -0.4 is 0 Å². The van der Waals surface area contributed by atoms with E-state index in [4.69, 9.17) is 0 Å². The topological polar surface area (TPSA) is 35.4 Å². The Morgan fingerprint density at radius 1 is 1.75 bits per heavy atom. The fourth-order valence-corrected chi connectivity index (χ4v) is 2.69. The lowest BCUT2D eigenvalue weighted by atomic mass is 10.2. The third-order valence-corrected chi connectivity index (χ3v) is 3.51. The summed E-state index contributed by atoms with van der Waals surface area (Å²) in [7, 11) is 0. The predicted octanol–water partition coefficient (Wildman–Crippen LogP) is 2.02. The van der Waals surface area contributed by atoms with Crippen LogP contribution in [0.4, 0.5) is 0 Å². The Labute approximate surface area is 76.3 Å². The summed E-state index contributed by atoms with van der Waals surface area (Å²) in [6.07, 6.45) is 1.62. The Balaban J connectivity index is 2.94. The summed E-state index contributed by atoms with van der Waals surface area (Å²) in [4.78, 5) is 4.70. The molecule has 0 amide bonds. The second kappa shape index (κ2) is 3.92. The van der Waals surface area contributed by atoms with E-state index in [9.17, 15) is 4.55 Å². The van der Waals surface area contributed by atoms with Gasteiger partial charge >= 0.3 is 0 Å². The normalized spacial score (nSPS) is 23.0. The van der Waals surface area contributed by atoms with Crippen LogP contribution in [-0.2, 0) is 11.2 Å². The van der Waals surface area contributed by atoms with E-state index in [1.54, 1.807) is 0 Å². The molecule has 1 aliphatic heterocycles. The third-order valence-electron chi connectivity index (χ3n) is 1.95. The van der Waals surface area contributed by atoms with Crippen molar-refractivity contribution in [2.45, 2.75) is 19.8 Å². The van der Waals surface area contributed by atoms with Crippen molar-refractivity contribution in [2.24, 2.45) is 4.99 Å². The summed E-state index contributed by atoms with van der Waals surface area (Å²) in [6.45, 7) is 9.33. The zero-order valence-corrected chi connectivity index (χ0v) is 8.12. The van der Waals surface area contributed by atoms with Gasteiger partial charge in [0, 0.05) is 12.0 Å². The summed E-state index contributed by atoms with van der Waals surface area (Å²) in [6, 6.07) is 0. The number of hydrogen-bond donors (Lipinski definition) is 0. The molecular weight excluding hydrogens is 170 g/mol. The van der Waals surface area contributed by atoms with Crippen molar-refractivity contribution in [1.82, 2.24) is 0 Å². The Morgan fingerprint density at radius 3 is 2.92 bits per heavy atom. The summed E-state index contributed by atoms with van der Waals surface area (Å²) in [5, 5.41) is 0. The Bertz CT molecular complexity index is 245. The molecular formula is C9H13NOS. The summed E-state index contributed by atoms with van der Waals surface area (Å²) in [5.41, 5.74) is 1.81. The van der Waals surface area contributed by atoms with Crippen molar-refractivity contribution in [2.75, 3.05) is 5.75 Å². The van der Waals surface area contributed by atoms with E-state index < -0.39 is 11.2 Å². The van der Waals surface area contributed by atoms with E-state index in [1.807, 2.05) is 6.92 Å². The molecule has 1 unspecified atom stereocenters. The van der Waals surface area contributed by atoms with E-state index in [-0.39, 0.29) is 0 Å². The fourth-order valence-electron chi connectivity index (χ4n) is 1.21. The first-order valence-electron chi connectivity index (χ1n) is 3.97. The minimum atomic E-state index is -0.874. The lowest BCUT2D eigenvalue weighted by Crippen LogP contribution is -2.03. The smallest absolute Gasteiger partial charge is 0.176 e. The average Bonchev–Trinajstić information content (AvgIpc) is 2.45. The largest absolute Gasteiger partial charge is 0.611 e. The maximum absolute atomic E-state index is 11.4. The minimum Gasteiger partial charge on any atom is -0.611 e. The first kappa shape index (κ1) is 9.55. The highest BCUT2D eigenvalue weighted by atomic mass is 32.2. The first-order valence-corrected chi connectivity index (χ1v) is 5.29. The van der Waals surface area contributed by atoms with Gasteiger partial charge in [-0.05, 0) is 24.3 Å². The number of allylic oxidation sites excluding steroid dienone is 2. The minimum absolute atomic E-state index is 0.683. The highest BCUT2D eigenvalue weighted by Gasteiger charge is 2.28. The van der Waals surface area contributed by atoms with Gasteiger partial charge in [-0.2, -0.15) is 0 Å². The van der Waals surface area contributed by atoms with E-state index in [0.717, 1.165) is 29.0 Å². The molecule has 0 spiro atoms. The van der Waals surface area contributed by atoms with E-state index in [0.29, 0.717) is 5.75 Å².